The fourth-order valence-corrected chi connectivity index (χ4v) is 2.89. The lowest BCUT2D eigenvalue weighted by atomic mass is 10.1. The van der Waals surface area contributed by atoms with Crippen LogP contribution in [0, 0.1) is 5.92 Å². The summed E-state index contributed by atoms with van der Waals surface area (Å²) in [6.45, 7) is 14.7. The van der Waals surface area contributed by atoms with Crippen molar-refractivity contribution < 1.29 is 9.68 Å². The van der Waals surface area contributed by atoms with Crippen LogP contribution in [0.15, 0.2) is 0 Å². The largest absolute Gasteiger partial charge is 0.302 e. The first kappa shape index (κ1) is 31.0. The Labute approximate surface area is 184 Å². The highest BCUT2D eigenvalue weighted by Crippen LogP contribution is 2.11. The molecule has 0 aliphatic carbocycles. The highest BCUT2D eigenvalue weighted by Gasteiger charge is 1.94. The molecule has 0 aliphatic rings. The minimum Gasteiger partial charge on any atom is -0.302 e. The zero-order valence-electron chi connectivity index (χ0n) is 20.8. The normalized spacial score (nSPS) is 11.0. The maximum atomic E-state index is 5.31. The molecule has 0 saturated carbocycles. The second kappa shape index (κ2) is 30.0. The SMILES string of the molecule is CCCCCCCCCCCCCONCCC.CCCNOCCCC(C)C. The summed E-state index contributed by atoms with van der Waals surface area (Å²) < 4.78 is 0. The topological polar surface area (TPSA) is 42.5 Å². The van der Waals surface area contributed by atoms with E-state index in [9.17, 15) is 0 Å². The summed E-state index contributed by atoms with van der Waals surface area (Å²) in [6.07, 6.45) is 20.0. The van der Waals surface area contributed by atoms with Gasteiger partial charge in [-0.05, 0) is 38.0 Å². The van der Waals surface area contributed by atoms with Crippen LogP contribution in [0.5, 0.6) is 0 Å². The van der Waals surface area contributed by atoms with Crippen LogP contribution in [-0.4, -0.2) is 26.3 Å². The third-order valence-electron chi connectivity index (χ3n) is 4.79. The van der Waals surface area contributed by atoms with Crippen molar-refractivity contribution in [2.24, 2.45) is 5.92 Å². The van der Waals surface area contributed by atoms with Gasteiger partial charge in [-0.1, -0.05) is 98.8 Å². The Bertz CT molecular complexity index is 247. The molecule has 0 fully saturated rings. The van der Waals surface area contributed by atoms with Gasteiger partial charge in [-0.3, -0.25) is 0 Å². The summed E-state index contributed by atoms with van der Waals surface area (Å²) >= 11 is 0. The van der Waals surface area contributed by atoms with Crippen molar-refractivity contribution >= 4 is 0 Å². The van der Waals surface area contributed by atoms with Gasteiger partial charge in [0, 0.05) is 13.1 Å². The summed E-state index contributed by atoms with van der Waals surface area (Å²) in [6, 6.07) is 0. The lowest BCUT2D eigenvalue weighted by molar-refractivity contribution is 0.0377. The third-order valence-corrected chi connectivity index (χ3v) is 4.79. The van der Waals surface area contributed by atoms with Gasteiger partial charge in [0.25, 0.3) is 0 Å². The summed E-state index contributed by atoms with van der Waals surface area (Å²) in [5.41, 5.74) is 5.88. The molecular formula is C25H56N2O2. The highest BCUT2D eigenvalue weighted by atomic mass is 16.6. The van der Waals surface area contributed by atoms with Crippen LogP contribution >= 0.6 is 0 Å². The van der Waals surface area contributed by atoms with Crippen LogP contribution in [-0.2, 0) is 9.68 Å². The average molecular weight is 417 g/mol. The second-order valence-corrected chi connectivity index (χ2v) is 8.56. The number of nitrogens with one attached hydrogen (secondary N) is 2. The van der Waals surface area contributed by atoms with Gasteiger partial charge in [0.2, 0.25) is 0 Å². The average Bonchev–Trinajstić information content (AvgIpc) is 2.71. The fraction of sp³-hybridized carbons (Fsp3) is 1.00. The maximum absolute atomic E-state index is 5.31. The molecule has 0 saturated heterocycles. The zero-order chi connectivity index (χ0) is 21.8. The molecule has 0 spiro atoms. The fourth-order valence-electron chi connectivity index (χ4n) is 2.89. The Morgan fingerprint density at radius 1 is 0.517 bits per heavy atom. The summed E-state index contributed by atoms with van der Waals surface area (Å²) in [5, 5.41) is 0. The van der Waals surface area contributed by atoms with Crippen molar-refractivity contribution in [3.8, 4) is 0 Å². The molecular weight excluding hydrogens is 360 g/mol. The van der Waals surface area contributed by atoms with E-state index in [0.717, 1.165) is 51.5 Å². The van der Waals surface area contributed by atoms with Crippen molar-refractivity contribution in [2.75, 3.05) is 26.3 Å². The molecule has 0 aromatic carbocycles. The van der Waals surface area contributed by atoms with Gasteiger partial charge in [0.1, 0.15) is 0 Å². The number of hydrogen-bond donors (Lipinski definition) is 2. The van der Waals surface area contributed by atoms with Crippen molar-refractivity contribution in [1.29, 1.82) is 0 Å². The van der Waals surface area contributed by atoms with Crippen LogP contribution < -0.4 is 11.0 Å². The molecule has 0 aromatic heterocycles. The molecule has 0 rings (SSSR count). The maximum Gasteiger partial charge on any atom is 0.0682 e. The molecule has 4 nitrogen and oxygen atoms in total. The Morgan fingerprint density at radius 2 is 0.931 bits per heavy atom. The van der Waals surface area contributed by atoms with Crippen molar-refractivity contribution in [3.63, 3.8) is 0 Å². The number of rotatable bonds is 22. The summed E-state index contributed by atoms with van der Waals surface area (Å²) in [5.74, 6) is 0.796. The smallest absolute Gasteiger partial charge is 0.0682 e. The molecule has 0 heterocycles. The van der Waals surface area contributed by atoms with Gasteiger partial charge >= 0.3 is 0 Å². The van der Waals surface area contributed by atoms with Crippen LogP contribution in [0.2, 0.25) is 0 Å². The second-order valence-electron chi connectivity index (χ2n) is 8.56. The Kier molecular flexibility index (Phi) is 32.1. The lowest BCUT2D eigenvalue weighted by Crippen LogP contribution is -2.16. The predicted molar refractivity (Wildman–Crippen MR) is 129 cm³/mol. The monoisotopic (exact) mass is 416 g/mol. The van der Waals surface area contributed by atoms with E-state index in [1.807, 2.05) is 0 Å². The third kappa shape index (κ3) is 35.6. The number of unbranched alkanes of at least 4 members (excludes halogenated alkanes) is 10. The van der Waals surface area contributed by atoms with Crippen molar-refractivity contribution in [2.45, 2.75) is 131 Å². The van der Waals surface area contributed by atoms with E-state index in [1.165, 1.54) is 77.0 Å². The van der Waals surface area contributed by atoms with Gasteiger partial charge < -0.3 is 9.68 Å². The van der Waals surface area contributed by atoms with E-state index in [-0.39, 0.29) is 0 Å². The van der Waals surface area contributed by atoms with E-state index >= 15 is 0 Å². The summed E-state index contributed by atoms with van der Waals surface area (Å²) in [4.78, 5) is 10.5. The van der Waals surface area contributed by atoms with Crippen LogP contribution in [0.1, 0.15) is 131 Å². The molecule has 2 N–H and O–H groups in total. The molecule has 0 aromatic rings. The van der Waals surface area contributed by atoms with E-state index in [4.69, 9.17) is 9.68 Å². The molecule has 0 aliphatic heterocycles. The molecule has 4 heteroatoms. The first-order valence-electron chi connectivity index (χ1n) is 12.9. The molecule has 0 radical (unpaired) electrons. The van der Waals surface area contributed by atoms with Gasteiger partial charge in [-0.15, -0.1) is 0 Å². The predicted octanol–water partition coefficient (Wildman–Crippen LogP) is 7.58. The minimum atomic E-state index is 0.796. The lowest BCUT2D eigenvalue weighted by Gasteiger charge is -2.05. The Hall–Kier alpha value is -0.160. The van der Waals surface area contributed by atoms with Crippen LogP contribution in [0.3, 0.4) is 0 Å². The van der Waals surface area contributed by atoms with E-state index < -0.39 is 0 Å². The summed E-state index contributed by atoms with van der Waals surface area (Å²) in [7, 11) is 0. The van der Waals surface area contributed by atoms with Gasteiger partial charge in [0.05, 0.1) is 13.2 Å². The number of hydroxylamine groups is 2. The zero-order valence-corrected chi connectivity index (χ0v) is 20.8. The van der Waals surface area contributed by atoms with Crippen LogP contribution in [0.25, 0.3) is 0 Å². The highest BCUT2D eigenvalue weighted by molar-refractivity contribution is 4.48. The molecule has 178 valence electrons. The van der Waals surface area contributed by atoms with E-state index in [1.54, 1.807) is 0 Å². The van der Waals surface area contributed by atoms with Crippen LogP contribution in [0.4, 0.5) is 0 Å². The van der Waals surface area contributed by atoms with Crippen molar-refractivity contribution in [3.05, 3.63) is 0 Å². The van der Waals surface area contributed by atoms with Gasteiger partial charge in [-0.2, -0.15) is 0 Å². The van der Waals surface area contributed by atoms with E-state index in [2.05, 4.69) is 45.6 Å². The molecule has 0 bridgehead atoms. The molecule has 0 atom stereocenters. The molecule has 0 amide bonds. The Morgan fingerprint density at radius 3 is 1.34 bits per heavy atom. The van der Waals surface area contributed by atoms with Gasteiger partial charge in [0.15, 0.2) is 0 Å². The van der Waals surface area contributed by atoms with Gasteiger partial charge in [-0.25, -0.2) is 11.0 Å². The van der Waals surface area contributed by atoms with E-state index in [0.29, 0.717) is 0 Å². The number of hydrogen-bond acceptors (Lipinski definition) is 4. The van der Waals surface area contributed by atoms with Crippen molar-refractivity contribution in [1.82, 2.24) is 11.0 Å². The quantitative estimate of drug-likeness (QED) is 0.141. The minimum absolute atomic E-state index is 0.796. The molecule has 0 unspecified atom stereocenters. The standard InChI is InChI=1S/C16H35NO.C9H21NO/c1-3-5-6-7-8-9-10-11-12-13-14-16-18-17-15-4-2;1-4-7-10-11-8-5-6-9(2)3/h17H,3-16H2,1-2H3;9-10H,4-8H2,1-3H3. The Balaban J connectivity index is 0. The first-order chi connectivity index (χ1) is 14.2. The molecule has 29 heavy (non-hydrogen) atoms. The first-order valence-corrected chi connectivity index (χ1v) is 12.9.